The Hall–Kier alpha value is -0.650. The topological polar surface area (TPSA) is 55.8 Å². The molecule has 0 aliphatic carbocycles. The fourth-order valence-corrected chi connectivity index (χ4v) is 1.89. The Morgan fingerprint density at radius 1 is 1.24 bits per heavy atom. The number of nitrogens with one attached hydrogen (secondary N) is 1. The van der Waals surface area contributed by atoms with E-state index < -0.39 is 0 Å². The molecule has 0 aromatic carbocycles. The number of amides is 1. The molecule has 1 heterocycles. The molecule has 1 saturated heterocycles. The molecule has 0 aromatic heterocycles. The van der Waals surface area contributed by atoms with Gasteiger partial charge in [0.25, 0.3) is 0 Å². The third-order valence-electron chi connectivity index (χ3n) is 2.96. The molecule has 1 fully saturated rings. The molecular formula is C12H25N3O2. The Balaban J connectivity index is 2.14. The highest BCUT2D eigenvalue weighted by atomic mass is 16.3. The summed E-state index contributed by atoms with van der Waals surface area (Å²) in [6.45, 7) is 10.1. The van der Waals surface area contributed by atoms with E-state index in [2.05, 4.69) is 29.0 Å². The van der Waals surface area contributed by atoms with E-state index >= 15 is 0 Å². The first-order valence-corrected chi connectivity index (χ1v) is 6.44. The van der Waals surface area contributed by atoms with Crippen LogP contribution in [0, 0.1) is 5.92 Å². The summed E-state index contributed by atoms with van der Waals surface area (Å²) in [5, 5.41) is 11.8. The number of β-amino-alcohol motifs (C(OH)–C–C–N with tert-alkyl or cyclic N) is 1. The highest BCUT2D eigenvalue weighted by Gasteiger charge is 2.18. The van der Waals surface area contributed by atoms with E-state index in [1.54, 1.807) is 0 Å². The second kappa shape index (κ2) is 7.63. The minimum atomic E-state index is 0.120. The first kappa shape index (κ1) is 14.4. The van der Waals surface area contributed by atoms with Crippen LogP contribution in [0.4, 0.5) is 0 Å². The summed E-state index contributed by atoms with van der Waals surface area (Å²) in [5.74, 6) is 0.620. The molecule has 1 aliphatic heterocycles. The lowest BCUT2D eigenvalue weighted by atomic mass is 10.2. The molecule has 0 saturated carbocycles. The zero-order valence-electron chi connectivity index (χ0n) is 11.0. The third-order valence-corrected chi connectivity index (χ3v) is 2.96. The van der Waals surface area contributed by atoms with Gasteiger partial charge in [0, 0.05) is 39.3 Å². The maximum absolute atomic E-state index is 11.6. The van der Waals surface area contributed by atoms with Crippen molar-refractivity contribution in [2.24, 2.45) is 5.92 Å². The van der Waals surface area contributed by atoms with Gasteiger partial charge >= 0.3 is 0 Å². The van der Waals surface area contributed by atoms with Gasteiger partial charge in [-0.3, -0.25) is 14.6 Å². The molecule has 0 radical (unpaired) electrons. The molecule has 1 aliphatic rings. The van der Waals surface area contributed by atoms with Crippen molar-refractivity contribution in [1.29, 1.82) is 0 Å². The van der Waals surface area contributed by atoms with Gasteiger partial charge in [-0.05, 0) is 5.92 Å². The number of carbonyl (C=O) groups is 1. The predicted octanol–water partition coefficient (Wildman–Crippen LogP) is -0.631. The molecule has 0 aromatic rings. The summed E-state index contributed by atoms with van der Waals surface area (Å²) in [7, 11) is 0. The summed E-state index contributed by atoms with van der Waals surface area (Å²) in [6, 6.07) is 0. The number of aliphatic hydroxyl groups excluding tert-OH is 1. The van der Waals surface area contributed by atoms with Crippen LogP contribution < -0.4 is 5.32 Å². The Morgan fingerprint density at radius 2 is 1.82 bits per heavy atom. The molecule has 0 unspecified atom stereocenters. The lowest BCUT2D eigenvalue weighted by molar-refractivity contribution is -0.122. The Morgan fingerprint density at radius 3 is 2.35 bits per heavy atom. The van der Waals surface area contributed by atoms with Crippen LogP contribution in [-0.4, -0.2) is 73.2 Å². The van der Waals surface area contributed by atoms with Gasteiger partial charge in [0.05, 0.1) is 13.2 Å². The number of nitrogens with zero attached hydrogens (tertiary/aromatic N) is 2. The molecule has 5 heteroatoms. The normalized spacial score (nSPS) is 18.6. The number of piperazine rings is 1. The Bertz CT molecular complexity index is 226. The highest BCUT2D eigenvalue weighted by Crippen LogP contribution is 2.00. The summed E-state index contributed by atoms with van der Waals surface area (Å²) in [6.07, 6.45) is 0. The van der Waals surface area contributed by atoms with Crippen LogP contribution in [0.25, 0.3) is 0 Å². The van der Waals surface area contributed by atoms with Crippen LogP contribution in [-0.2, 0) is 4.79 Å². The summed E-state index contributed by atoms with van der Waals surface area (Å²) >= 11 is 0. The molecule has 2 N–H and O–H groups in total. The first-order chi connectivity index (χ1) is 8.11. The molecule has 5 nitrogen and oxygen atoms in total. The second-order valence-corrected chi connectivity index (χ2v) is 5.04. The van der Waals surface area contributed by atoms with Crippen molar-refractivity contribution in [3.63, 3.8) is 0 Å². The molecule has 0 bridgehead atoms. The van der Waals surface area contributed by atoms with E-state index in [0.29, 0.717) is 12.5 Å². The van der Waals surface area contributed by atoms with Gasteiger partial charge in [-0.25, -0.2) is 0 Å². The van der Waals surface area contributed by atoms with Crippen molar-refractivity contribution in [1.82, 2.24) is 15.1 Å². The number of carbonyl (C=O) groups excluding carboxylic acids is 1. The van der Waals surface area contributed by atoms with Crippen molar-refractivity contribution in [3.05, 3.63) is 0 Å². The van der Waals surface area contributed by atoms with Crippen LogP contribution in [0.5, 0.6) is 0 Å². The molecule has 1 rings (SSSR count). The van der Waals surface area contributed by atoms with Crippen molar-refractivity contribution in [2.75, 3.05) is 52.4 Å². The number of hydrogen-bond acceptors (Lipinski definition) is 4. The largest absolute Gasteiger partial charge is 0.395 e. The van der Waals surface area contributed by atoms with Crippen molar-refractivity contribution >= 4 is 5.91 Å². The average Bonchev–Trinajstić information content (AvgIpc) is 2.29. The lowest BCUT2D eigenvalue weighted by Gasteiger charge is -2.33. The third kappa shape index (κ3) is 6.00. The minimum absolute atomic E-state index is 0.120. The monoisotopic (exact) mass is 243 g/mol. The summed E-state index contributed by atoms with van der Waals surface area (Å²) in [4.78, 5) is 16.0. The zero-order chi connectivity index (χ0) is 12.7. The van der Waals surface area contributed by atoms with Gasteiger partial charge < -0.3 is 10.4 Å². The van der Waals surface area contributed by atoms with Gasteiger partial charge in [0.1, 0.15) is 0 Å². The molecule has 1 amide bonds. The number of aliphatic hydroxyl groups is 1. The van der Waals surface area contributed by atoms with Crippen LogP contribution in [0.2, 0.25) is 0 Å². The maximum Gasteiger partial charge on any atom is 0.234 e. The standard InChI is InChI=1S/C12H25N3O2/c1-11(2)9-13-12(17)10-15-5-3-14(4-6-15)7-8-16/h11,16H,3-10H2,1-2H3,(H,13,17). The van der Waals surface area contributed by atoms with E-state index in [-0.39, 0.29) is 12.5 Å². The number of rotatable bonds is 6. The van der Waals surface area contributed by atoms with Crippen molar-refractivity contribution < 1.29 is 9.90 Å². The SMILES string of the molecule is CC(C)CNC(=O)CN1CCN(CCO)CC1. The van der Waals surface area contributed by atoms with E-state index in [9.17, 15) is 4.79 Å². The molecule has 17 heavy (non-hydrogen) atoms. The summed E-state index contributed by atoms with van der Waals surface area (Å²) in [5.41, 5.74) is 0. The van der Waals surface area contributed by atoms with Crippen molar-refractivity contribution in [3.8, 4) is 0 Å². The van der Waals surface area contributed by atoms with E-state index in [4.69, 9.17) is 5.11 Å². The fourth-order valence-electron chi connectivity index (χ4n) is 1.89. The smallest absolute Gasteiger partial charge is 0.234 e. The minimum Gasteiger partial charge on any atom is -0.395 e. The maximum atomic E-state index is 11.6. The van der Waals surface area contributed by atoms with Gasteiger partial charge in [0.15, 0.2) is 0 Å². The quantitative estimate of drug-likeness (QED) is 0.652. The van der Waals surface area contributed by atoms with E-state index in [1.165, 1.54) is 0 Å². The van der Waals surface area contributed by atoms with Gasteiger partial charge in [-0.2, -0.15) is 0 Å². The highest BCUT2D eigenvalue weighted by molar-refractivity contribution is 5.78. The average molecular weight is 243 g/mol. The summed E-state index contributed by atoms with van der Waals surface area (Å²) < 4.78 is 0. The van der Waals surface area contributed by atoms with Crippen molar-refractivity contribution in [2.45, 2.75) is 13.8 Å². The molecule has 0 atom stereocenters. The first-order valence-electron chi connectivity index (χ1n) is 6.44. The van der Waals surface area contributed by atoms with Crippen LogP contribution in [0.3, 0.4) is 0 Å². The van der Waals surface area contributed by atoms with E-state index in [0.717, 1.165) is 39.3 Å². The Labute approximate surface area is 104 Å². The van der Waals surface area contributed by atoms with Crippen LogP contribution in [0.1, 0.15) is 13.8 Å². The van der Waals surface area contributed by atoms with Gasteiger partial charge in [-0.15, -0.1) is 0 Å². The predicted molar refractivity (Wildman–Crippen MR) is 67.8 cm³/mol. The van der Waals surface area contributed by atoms with E-state index in [1.807, 2.05) is 0 Å². The number of hydrogen-bond donors (Lipinski definition) is 2. The van der Waals surface area contributed by atoms with Crippen LogP contribution in [0.15, 0.2) is 0 Å². The van der Waals surface area contributed by atoms with Crippen LogP contribution >= 0.6 is 0 Å². The fraction of sp³-hybridized carbons (Fsp3) is 0.917. The zero-order valence-corrected chi connectivity index (χ0v) is 11.0. The van der Waals surface area contributed by atoms with Gasteiger partial charge in [-0.1, -0.05) is 13.8 Å². The lowest BCUT2D eigenvalue weighted by Crippen LogP contribution is -2.50. The molecule has 0 spiro atoms. The Kier molecular flexibility index (Phi) is 6.47. The second-order valence-electron chi connectivity index (χ2n) is 5.04. The molecular weight excluding hydrogens is 218 g/mol. The van der Waals surface area contributed by atoms with Gasteiger partial charge in [0.2, 0.25) is 5.91 Å². The molecule has 100 valence electrons.